The second-order valence-electron chi connectivity index (χ2n) is 5.43. The van der Waals surface area contributed by atoms with Gasteiger partial charge in [0.15, 0.2) is 0 Å². The lowest BCUT2D eigenvalue weighted by Gasteiger charge is -2.21. The molecule has 1 aliphatic carbocycles. The average Bonchev–Trinajstić information content (AvgIpc) is 2.48. The van der Waals surface area contributed by atoms with Crippen LogP contribution >= 0.6 is 0 Å². The first kappa shape index (κ1) is 15.2. The number of carbonyl (C=O) groups excluding carboxylic acids is 1. The summed E-state index contributed by atoms with van der Waals surface area (Å²) in [5, 5.41) is 13.5. The molecule has 2 rings (SSSR count). The van der Waals surface area contributed by atoms with Crippen LogP contribution in [0.4, 0.5) is 11.5 Å². The van der Waals surface area contributed by atoms with Crippen LogP contribution in [0.2, 0.25) is 0 Å². The number of nitrogens with two attached hydrogens (primary N) is 1. The Balaban J connectivity index is 1.90. The average molecular weight is 292 g/mol. The van der Waals surface area contributed by atoms with E-state index in [1.54, 1.807) is 0 Å². The summed E-state index contributed by atoms with van der Waals surface area (Å²) in [6.07, 6.45) is 8.26. The Morgan fingerprint density at radius 1 is 1.43 bits per heavy atom. The second-order valence-corrected chi connectivity index (χ2v) is 5.43. The molecule has 1 aromatic rings. The third-order valence-electron chi connectivity index (χ3n) is 3.92. The summed E-state index contributed by atoms with van der Waals surface area (Å²) in [5.41, 5.74) is 5.44. The Labute approximate surface area is 123 Å². The molecule has 0 saturated heterocycles. The minimum absolute atomic E-state index is 0.00997. The van der Waals surface area contributed by atoms with Crippen LogP contribution in [0.15, 0.2) is 12.3 Å². The molecular formula is C14H20N4O3. The van der Waals surface area contributed by atoms with Crippen molar-refractivity contribution in [3.8, 4) is 0 Å². The van der Waals surface area contributed by atoms with Gasteiger partial charge in [0, 0.05) is 12.6 Å². The lowest BCUT2D eigenvalue weighted by atomic mass is 9.87. The van der Waals surface area contributed by atoms with Crippen LogP contribution in [0, 0.1) is 16.0 Å². The van der Waals surface area contributed by atoms with Crippen LogP contribution in [-0.2, 0) is 0 Å². The van der Waals surface area contributed by atoms with Crippen LogP contribution in [0.25, 0.3) is 0 Å². The molecular weight excluding hydrogens is 272 g/mol. The first-order chi connectivity index (χ1) is 10.1. The van der Waals surface area contributed by atoms with E-state index >= 15 is 0 Å². The van der Waals surface area contributed by atoms with Gasteiger partial charge in [0.25, 0.3) is 11.6 Å². The minimum atomic E-state index is -0.592. The number of hydrogen-bond donors (Lipinski definition) is 2. The van der Waals surface area contributed by atoms with Crippen molar-refractivity contribution in [3.05, 3.63) is 27.9 Å². The zero-order valence-corrected chi connectivity index (χ0v) is 11.9. The zero-order valence-electron chi connectivity index (χ0n) is 11.9. The minimum Gasteiger partial charge on any atom is -0.383 e. The quantitative estimate of drug-likeness (QED) is 0.638. The molecule has 0 radical (unpaired) electrons. The van der Waals surface area contributed by atoms with E-state index < -0.39 is 10.8 Å². The fourth-order valence-corrected chi connectivity index (χ4v) is 2.71. The van der Waals surface area contributed by atoms with Crippen LogP contribution in [0.3, 0.4) is 0 Å². The summed E-state index contributed by atoms with van der Waals surface area (Å²) >= 11 is 0. The van der Waals surface area contributed by atoms with E-state index in [1.165, 1.54) is 32.1 Å². The number of nitro groups is 1. The Hall–Kier alpha value is -2.18. The highest BCUT2D eigenvalue weighted by atomic mass is 16.6. The highest BCUT2D eigenvalue weighted by Crippen LogP contribution is 2.25. The molecule has 1 amide bonds. The van der Waals surface area contributed by atoms with Gasteiger partial charge < -0.3 is 11.1 Å². The Kier molecular flexibility index (Phi) is 5.08. The highest BCUT2D eigenvalue weighted by Gasteiger charge is 2.17. The zero-order chi connectivity index (χ0) is 15.2. The van der Waals surface area contributed by atoms with Crippen LogP contribution in [0.5, 0.6) is 0 Å². The molecule has 1 fully saturated rings. The molecule has 7 nitrogen and oxygen atoms in total. The normalized spacial score (nSPS) is 15.6. The predicted octanol–water partition coefficient (Wildman–Crippen LogP) is 2.27. The predicted molar refractivity (Wildman–Crippen MR) is 78.8 cm³/mol. The van der Waals surface area contributed by atoms with E-state index in [1.807, 2.05) is 0 Å². The van der Waals surface area contributed by atoms with Crippen molar-refractivity contribution >= 4 is 17.4 Å². The van der Waals surface area contributed by atoms with Gasteiger partial charge in [-0.05, 0) is 12.3 Å². The molecule has 114 valence electrons. The van der Waals surface area contributed by atoms with Crippen molar-refractivity contribution in [2.24, 2.45) is 5.92 Å². The molecule has 1 heterocycles. The van der Waals surface area contributed by atoms with Crippen molar-refractivity contribution < 1.29 is 9.72 Å². The number of nitrogens with one attached hydrogen (secondary N) is 1. The van der Waals surface area contributed by atoms with Crippen LogP contribution in [0.1, 0.15) is 48.9 Å². The van der Waals surface area contributed by atoms with Gasteiger partial charge in [-0.15, -0.1) is 0 Å². The van der Waals surface area contributed by atoms with Crippen molar-refractivity contribution in [1.82, 2.24) is 10.3 Å². The summed E-state index contributed by atoms with van der Waals surface area (Å²) in [7, 11) is 0. The van der Waals surface area contributed by atoms with Gasteiger partial charge in [-0.3, -0.25) is 14.9 Å². The molecule has 0 unspecified atom stereocenters. The number of amides is 1. The third kappa shape index (κ3) is 4.14. The van der Waals surface area contributed by atoms with Gasteiger partial charge in [-0.1, -0.05) is 32.1 Å². The summed E-state index contributed by atoms with van der Waals surface area (Å²) in [6, 6.07) is 1.16. The van der Waals surface area contributed by atoms with Gasteiger partial charge in [-0.2, -0.15) is 0 Å². The highest BCUT2D eigenvalue weighted by molar-refractivity contribution is 5.98. The maximum atomic E-state index is 12.0. The number of pyridine rings is 1. The van der Waals surface area contributed by atoms with E-state index in [9.17, 15) is 14.9 Å². The van der Waals surface area contributed by atoms with E-state index in [-0.39, 0.29) is 17.1 Å². The van der Waals surface area contributed by atoms with Gasteiger partial charge in [0.1, 0.15) is 12.0 Å². The van der Waals surface area contributed by atoms with Crippen LogP contribution in [-0.4, -0.2) is 22.4 Å². The number of hydrogen-bond acceptors (Lipinski definition) is 5. The van der Waals surface area contributed by atoms with Gasteiger partial charge >= 0.3 is 0 Å². The van der Waals surface area contributed by atoms with Crippen LogP contribution < -0.4 is 11.1 Å². The Morgan fingerprint density at radius 2 is 2.14 bits per heavy atom. The van der Waals surface area contributed by atoms with Crippen molar-refractivity contribution in [2.75, 3.05) is 12.3 Å². The van der Waals surface area contributed by atoms with Crippen molar-refractivity contribution in [3.63, 3.8) is 0 Å². The molecule has 21 heavy (non-hydrogen) atoms. The molecule has 0 atom stereocenters. The van der Waals surface area contributed by atoms with E-state index in [2.05, 4.69) is 10.3 Å². The molecule has 0 aliphatic heterocycles. The monoisotopic (exact) mass is 292 g/mol. The van der Waals surface area contributed by atoms with E-state index in [4.69, 9.17) is 5.73 Å². The fourth-order valence-electron chi connectivity index (χ4n) is 2.71. The molecule has 3 N–H and O–H groups in total. The molecule has 0 aromatic carbocycles. The molecule has 0 bridgehead atoms. The smallest absolute Gasteiger partial charge is 0.288 e. The summed E-state index contributed by atoms with van der Waals surface area (Å²) in [6.45, 7) is 0.561. The number of nitrogens with zero attached hydrogens (tertiary/aromatic N) is 2. The van der Waals surface area contributed by atoms with Crippen molar-refractivity contribution in [1.29, 1.82) is 0 Å². The van der Waals surface area contributed by atoms with E-state index in [0.29, 0.717) is 12.5 Å². The number of rotatable bonds is 5. The SMILES string of the molecule is Nc1ncc([N+](=O)[O-])cc1C(=O)NCCC1CCCCC1. The van der Waals surface area contributed by atoms with Gasteiger partial charge in [0.2, 0.25) is 0 Å². The topological polar surface area (TPSA) is 111 Å². The first-order valence-corrected chi connectivity index (χ1v) is 7.26. The van der Waals surface area contributed by atoms with Gasteiger partial charge in [-0.25, -0.2) is 4.98 Å². The Morgan fingerprint density at radius 3 is 2.81 bits per heavy atom. The first-order valence-electron chi connectivity index (χ1n) is 7.26. The van der Waals surface area contributed by atoms with E-state index in [0.717, 1.165) is 18.7 Å². The molecule has 1 saturated carbocycles. The largest absolute Gasteiger partial charge is 0.383 e. The molecule has 7 heteroatoms. The van der Waals surface area contributed by atoms with Crippen molar-refractivity contribution in [2.45, 2.75) is 38.5 Å². The third-order valence-corrected chi connectivity index (χ3v) is 3.92. The maximum Gasteiger partial charge on any atom is 0.288 e. The summed E-state index contributed by atoms with van der Waals surface area (Å²) in [4.78, 5) is 25.8. The number of carbonyl (C=O) groups is 1. The molecule has 1 aromatic heterocycles. The molecule has 0 spiro atoms. The Bertz CT molecular complexity index is 527. The maximum absolute atomic E-state index is 12.0. The fraction of sp³-hybridized carbons (Fsp3) is 0.571. The van der Waals surface area contributed by atoms with Gasteiger partial charge in [0.05, 0.1) is 10.5 Å². The summed E-state index contributed by atoms with van der Waals surface area (Å²) < 4.78 is 0. The number of nitrogen functional groups attached to an aromatic ring is 1. The second kappa shape index (κ2) is 7.01. The lowest BCUT2D eigenvalue weighted by molar-refractivity contribution is -0.385. The number of anilines is 1. The lowest BCUT2D eigenvalue weighted by Crippen LogP contribution is -2.27. The standard InChI is InChI=1S/C14H20N4O3/c15-13-12(8-11(9-17-13)18(20)21)14(19)16-7-6-10-4-2-1-3-5-10/h8-10H,1-7H2,(H2,15,17)(H,16,19). The number of aromatic nitrogens is 1. The molecule has 1 aliphatic rings. The summed E-state index contributed by atoms with van der Waals surface area (Å²) in [5.74, 6) is 0.273.